The van der Waals surface area contributed by atoms with Gasteiger partial charge in [-0.2, -0.15) is 0 Å². The summed E-state index contributed by atoms with van der Waals surface area (Å²) in [7, 11) is 0. The number of hydrogen-bond donors (Lipinski definition) is 1. The third-order valence-corrected chi connectivity index (χ3v) is 1.58. The van der Waals surface area contributed by atoms with Crippen LogP contribution in [0.3, 0.4) is 0 Å². The van der Waals surface area contributed by atoms with Gasteiger partial charge in [-0.1, -0.05) is 11.6 Å². The first-order chi connectivity index (χ1) is 5.86. The molecule has 0 unspecified atom stereocenters. The van der Waals surface area contributed by atoms with E-state index in [9.17, 15) is 0 Å². The second kappa shape index (κ2) is 2.91. The highest BCUT2D eigenvalue weighted by atomic mass is 35.5. The SMILES string of the molecule is Clc1cc(-c2ncc[nH]2)ncn1. The molecule has 2 heterocycles. The van der Waals surface area contributed by atoms with Crippen LogP contribution in [0, 0.1) is 0 Å². The van der Waals surface area contributed by atoms with Gasteiger partial charge in [-0.3, -0.25) is 0 Å². The summed E-state index contributed by atoms with van der Waals surface area (Å²) in [5, 5.41) is 0.413. The molecule has 4 nitrogen and oxygen atoms in total. The lowest BCUT2D eigenvalue weighted by Gasteiger charge is -1.93. The van der Waals surface area contributed by atoms with E-state index < -0.39 is 0 Å². The summed E-state index contributed by atoms with van der Waals surface area (Å²) in [6, 6.07) is 1.65. The normalized spacial score (nSPS) is 10.1. The van der Waals surface area contributed by atoms with Gasteiger partial charge in [0.05, 0.1) is 0 Å². The Bertz CT molecular complexity index is 371. The van der Waals surface area contributed by atoms with E-state index >= 15 is 0 Å². The number of hydrogen-bond acceptors (Lipinski definition) is 3. The number of rotatable bonds is 1. The lowest BCUT2D eigenvalue weighted by molar-refractivity contribution is 1.14. The average molecular weight is 181 g/mol. The van der Waals surface area contributed by atoms with Crippen LogP contribution < -0.4 is 0 Å². The molecular weight excluding hydrogens is 176 g/mol. The Morgan fingerprint density at radius 1 is 1.25 bits per heavy atom. The maximum absolute atomic E-state index is 5.67. The number of H-pyrrole nitrogens is 1. The van der Waals surface area contributed by atoms with Crippen molar-refractivity contribution in [3.05, 3.63) is 29.9 Å². The molecule has 0 aliphatic rings. The molecule has 0 bridgehead atoms. The van der Waals surface area contributed by atoms with Crippen molar-refractivity contribution in [2.24, 2.45) is 0 Å². The highest BCUT2D eigenvalue weighted by Crippen LogP contribution is 2.13. The van der Waals surface area contributed by atoms with Crippen molar-refractivity contribution >= 4 is 11.6 Å². The predicted octanol–water partition coefficient (Wildman–Crippen LogP) is 1.52. The molecule has 0 atom stereocenters. The summed E-state index contributed by atoms with van der Waals surface area (Å²) in [5.74, 6) is 0.694. The minimum atomic E-state index is 0.413. The fourth-order valence-electron chi connectivity index (χ4n) is 0.868. The zero-order chi connectivity index (χ0) is 8.39. The first-order valence-corrected chi connectivity index (χ1v) is 3.71. The van der Waals surface area contributed by atoms with Crippen LogP contribution in [-0.2, 0) is 0 Å². The number of nitrogens with one attached hydrogen (secondary N) is 1. The molecule has 0 amide bonds. The van der Waals surface area contributed by atoms with Gasteiger partial charge in [-0.25, -0.2) is 15.0 Å². The molecule has 12 heavy (non-hydrogen) atoms. The predicted molar refractivity (Wildman–Crippen MR) is 44.6 cm³/mol. The maximum Gasteiger partial charge on any atom is 0.156 e. The smallest absolute Gasteiger partial charge is 0.156 e. The van der Waals surface area contributed by atoms with E-state index in [1.165, 1.54) is 6.33 Å². The molecule has 5 heteroatoms. The van der Waals surface area contributed by atoms with Crippen molar-refractivity contribution in [2.45, 2.75) is 0 Å². The van der Waals surface area contributed by atoms with Crippen LogP contribution >= 0.6 is 11.6 Å². The van der Waals surface area contributed by atoms with Crippen molar-refractivity contribution in [3.63, 3.8) is 0 Å². The monoisotopic (exact) mass is 180 g/mol. The minimum absolute atomic E-state index is 0.413. The van der Waals surface area contributed by atoms with E-state index in [1.807, 2.05) is 0 Å². The van der Waals surface area contributed by atoms with Crippen LogP contribution in [0.4, 0.5) is 0 Å². The summed E-state index contributed by atoms with van der Waals surface area (Å²) in [4.78, 5) is 14.7. The molecule has 1 N–H and O–H groups in total. The Balaban J connectivity index is 2.48. The number of aromatic amines is 1. The summed E-state index contributed by atoms with van der Waals surface area (Å²) < 4.78 is 0. The maximum atomic E-state index is 5.67. The second-order valence-electron chi connectivity index (χ2n) is 2.16. The van der Waals surface area contributed by atoms with Crippen LogP contribution in [-0.4, -0.2) is 19.9 Å². The van der Waals surface area contributed by atoms with Crippen molar-refractivity contribution in [3.8, 4) is 11.5 Å². The molecule has 2 rings (SSSR count). The third kappa shape index (κ3) is 1.29. The Morgan fingerprint density at radius 3 is 2.83 bits per heavy atom. The Hall–Kier alpha value is -1.42. The van der Waals surface area contributed by atoms with Crippen molar-refractivity contribution < 1.29 is 0 Å². The Kier molecular flexibility index (Phi) is 1.75. The quantitative estimate of drug-likeness (QED) is 0.677. The topological polar surface area (TPSA) is 54.5 Å². The van der Waals surface area contributed by atoms with Crippen molar-refractivity contribution in [1.29, 1.82) is 0 Å². The van der Waals surface area contributed by atoms with Gasteiger partial charge in [-0.05, 0) is 0 Å². The summed E-state index contributed by atoms with van der Waals surface area (Å²) in [5.41, 5.74) is 0.694. The van der Waals surface area contributed by atoms with E-state index in [4.69, 9.17) is 11.6 Å². The molecule has 60 valence electrons. The van der Waals surface area contributed by atoms with E-state index in [-0.39, 0.29) is 0 Å². The Morgan fingerprint density at radius 2 is 2.17 bits per heavy atom. The molecule has 0 fully saturated rings. The fourth-order valence-corrected chi connectivity index (χ4v) is 1.02. The number of nitrogens with zero attached hydrogens (tertiary/aromatic N) is 3. The Labute approximate surface area is 73.7 Å². The highest BCUT2D eigenvalue weighted by Gasteiger charge is 2.00. The second-order valence-corrected chi connectivity index (χ2v) is 2.55. The first-order valence-electron chi connectivity index (χ1n) is 3.33. The zero-order valence-corrected chi connectivity index (χ0v) is 6.78. The van der Waals surface area contributed by atoms with Gasteiger partial charge >= 0.3 is 0 Å². The third-order valence-electron chi connectivity index (χ3n) is 1.37. The van der Waals surface area contributed by atoms with Gasteiger partial charge in [0.1, 0.15) is 17.2 Å². The highest BCUT2D eigenvalue weighted by molar-refractivity contribution is 6.29. The average Bonchev–Trinajstić information content (AvgIpc) is 2.56. The van der Waals surface area contributed by atoms with E-state index in [1.54, 1.807) is 18.5 Å². The van der Waals surface area contributed by atoms with Crippen LogP contribution in [0.5, 0.6) is 0 Å². The molecule has 0 spiro atoms. The molecule has 0 aromatic carbocycles. The molecule has 0 saturated heterocycles. The van der Waals surface area contributed by atoms with Crippen LogP contribution in [0.15, 0.2) is 24.8 Å². The first kappa shape index (κ1) is 7.24. The molecule has 2 aromatic heterocycles. The molecular formula is C7H5ClN4. The van der Waals surface area contributed by atoms with Gasteiger partial charge < -0.3 is 4.98 Å². The molecule has 0 saturated carbocycles. The fraction of sp³-hybridized carbons (Fsp3) is 0. The van der Waals surface area contributed by atoms with Gasteiger partial charge in [0.2, 0.25) is 0 Å². The van der Waals surface area contributed by atoms with E-state index in [2.05, 4.69) is 19.9 Å². The lowest BCUT2D eigenvalue weighted by atomic mass is 10.4. The standard InChI is InChI=1S/C7H5ClN4/c8-6-3-5(11-4-12-6)7-9-1-2-10-7/h1-4H,(H,9,10). The molecule has 0 aliphatic carbocycles. The van der Waals surface area contributed by atoms with Crippen molar-refractivity contribution in [2.75, 3.05) is 0 Å². The van der Waals surface area contributed by atoms with Crippen molar-refractivity contribution in [1.82, 2.24) is 19.9 Å². The van der Waals surface area contributed by atoms with Gasteiger partial charge in [0.25, 0.3) is 0 Å². The minimum Gasteiger partial charge on any atom is -0.343 e. The molecule has 0 aliphatic heterocycles. The number of imidazole rings is 1. The summed E-state index contributed by atoms with van der Waals surface area (Å²) in [6.07, 6.45) is 4.79. The van der Waals surface area contributed by atoms with Crippen LogP contribution in [0.1, 0.15) is 0 Å². The lowest BCUT2D eigenvalue weighted by Crippen LogP contribution is -1.86. The number of aromatic nitrogens is 4. The van der Waals surface area contributed by atoms with E-state index in [0.717, 1.165) is 0 Å². The van der Waals surface area contributed by atoms with Gasteiger partial charge in [0.15, 0.2) is 5.82 Å². The molecule has 2 aromatic rings. The van der Waals surface area contributed by atoms with Gasteiger partial charge in [0, 0.05) is 18.5 Å². The molecule has 0 radical (unpaired) electrons. The number of halogens is 1. The largest absolute Gasteiger partial charge is 0.343 e. The zero-order valence-electron chi connectivity index (χ0n) is 6.03. The van der Waals surface area contributed by atoms with E-state index in [0.29, 0.717) is 16.7 Å². The van der Waals surface area contributed by atoms with Crippen LogP contribution in [0.2, 0.25) is 5.15 Å². The van der Waals surface area contributed by atoms with Gasteiger partial charge in [-0.15, -0.1) is 0 Å². The summed E-state index contributed by atoms with van der Waals surface area (Å²) >= 11 is 5.67. The summed E-state index contributed by atoms with van der Waals surface area (Å²) in [6.45, 7) is 0. The van der Waals surface area contributed by atoms with Crippen LogP contribution in [0.25, 0.3) is 11.5 Å².